The number of pyridine rings is 3. The Morgan fingerprint density at radius 3 is 2.60 bits per heavy atom. The minimum Gasteiger partial charge on any atom is -0.493 e. The van der Waals surface area contributed by atoms with E-state index in [2.05, 4.69) is 25.7 Å². The van der Waals surface area contributed by atoms with Gasteiger partial charge in [-0.1, -0.05) is 47.5 Å². The largest absolute Gasteiger partial charge is 0.493 e. The van der Waals surface area contributed by atoms with Crippen molar-refractivity contribution in [3.8, 4) is 45.3 Å². The molecule has 1 atom stereocenters. The van der Waals surface area contributed by atoms with Crippen LogP contribution < -0.4 is 20.1 Å². The Bertz CT molecular complexity index is 2100. The van der Waals surface area contributed by atoms with Crippen molar-refractivity contribution < 1.29 is 24.2 Å². The summed E-state index contributed by atoms with van der Waals surface area (Å²) in [5.74, 6) is 0.443. The number of fused-ring (bicyclic) bond motifs is 1. The maximum absolute atomic E-state index is 11.5. The summed E-state index contributed by atoms with van der Waals surface area (Å²) in [4.78, 5) is 38.7. The first-order chi connectivity index (χ1) is 24.2. The molecule has 1 aromatic carbocycles. The number of aliphatic carboxylic acids is 1. The van der Waals surface area contributed by atoms with E-state index < -0.39 is 5.97 Å². The smallest absolute Gasteiger partial charge is 0.309 e. The number of carboxylic acid groups (broad SMARTS) is 1. The lowest BCUT2D eigenvalue weighted by Gasteiger charge is -2.35. The Kier molecular flexibility index (Phi) is 9.56. The number of aromatic nitrogens is 5. The molecule has 2 saturated heterocycles. The summed E-state index contributed by atoms with van der Waals surface area (Å²) in [7, 11) is 3.14. The number of nitrogens with one attached hydrogen (secondary N) is 2. The van der Waals surface area contributed by atoms with Crippen molar-refractivity contribution in [3.05, 3.63) is 76.3 Å². The SMILES string of the molecule is COc1nc(-c2cccc(-c3ccnc(-c4cc(OC)c5nc(CN6CC(C(=O)O)C6)nn5c4)c3Cl)c2Cl)ccc1CNC[C@@H]1CCC(=O)N1. The van der Waals surface area contributed by atoms with Crippen molar-refractivity contribution >= 4 is 40.7 Å². The lowest BCUT2D eigenvalue weighted by Crippen LogP contribution is -2.49. The molecule has 15 heteroatoms. The monoisotopic (exact) mass is 716 g/mol. The molecule has 0 aliphatic carbocycles. The van der Waals surface area contributed by atoms with Gasteiger partial charge in [-0.05, 0) is 24.6 Å². The second-order valence-electron chi connectivity index (χ2n) is 12.3. The number of halogens is 2. The van der Waals surface area contributed by atoms with Gasteiger partial charge in [-0.15, -0.1) is 5.10 Å². The molecular formula is C35H34Cl2N8O5. The van der Waals surface area contributed by atoms with Gasteiger partial charge in [-0.2, -0.15) is 0 Å². The highest BCUT2D eigenvalue weighted by molar-refractivity contribution is 6.39. The van der Waals surface area contributed by atoms with Crippen LogP contribution in [0.25, 0.3) is 39.3 Å². The van der Waals surface area contributed by atoms with Gasteiger partial charge in [0.1, 0.15) is 0 Å². The summed E-state index contributed by atoms with van der Waals surface area (Å²) < 4.78 is 12.9. The summed E-state index contributed by atoms with van der Waals surface area (Å²) in [6.07, 6.45) is 4.84. The second-order valence-corrected chi connectivity index (χ2v) is 13.1. The number of likely N-dealkylation sites (tertiary alicyclic amines) is 1. The maximum atomic E-state index is 11.5. The number of carboxylic acids is 1. The summed E-state index contributed by atoms with van der Waals surface area (Å²) in [6.45, 7) is 2.53. The topological polar surface area (TPSA) is 156 Å². The quantitative estimate of drug-likeness (QED) is 0.164. The van der Waals surface area contributed by atoms with Crippen LogP contribution in [0.3, 0.4) is 0 Å². The molecule has 3 N–H and O–H groups in total. The minimum absolute atomic E-state index is 0.0877. The molecule has 0 radical (unpaired) electrons. The predicted octanol–water partition coefficient (Wildman–Crippen LogP) is 4.73. The maximum Gasteiger partial charge on any atom is 0.309 e. The van der Waals surface area contributed by atoms with Gasteiger partial charge in [0.25, 0.3) is 0 Å². The lowest BCUT2D eigenvalue weighted by atomic mass is 10.00. The Hall–Kier alpha value is -4.82. The van der Waals surface area contributed by atoms with Crippen molar-refractivity contribution in [1.82, 2.24) is 40.1 Å². The molecule has 1 amide bonds. The molecule has 50 heavy (non-hydrogen) atoms. The fourth-order valence-corrected chi connectivity index (χ4v) is 6.98. The molecule has 4 aromatic heterocycles. The van der Waals surface area contributed by atoms with Crippen LogP contribution in [0.15, 0.2) is 54.9 Å². The lowest BCUT2D eigenvalue weighted by molar-refractivity contribution is -0.147. The van der Waals surface area contributed by atoms with Gasteiger partial charge in [0, 0.05) is 78.9 Å². The van der Waals surface area contributed by atoms with Gasteiger partial charge < -0.3 is 25.2 Å². The molecule has 7 rings (SSSR count). The average Bonchev–Trinajstić information content (AvgIpc) is 3.71. The number of ether oxygens (including phenoxy) is 2. The first-order valence-corrected chi connectivity index (χ1v) is 16.8. The molecule has 2 aliphatic rings. The molecule has 0 spiro atoms. The van der Waals surface area contributed by atoms with E-state index in [1.807, 2.05) is 47.4 Å². The van der Waals surface area contributed by atoms with E-state index in [-0.39, 0.29) is 17.9 Å². The molecule has 13 nitrogen and oxygen atoms in total. The fourth-order valence-electron chi connectivity index (χ4n) is 6.34. The minimum atomic E-state index is -0.793. The predicted molar refractivity (Wildman–Crippen MR) is 187 cm³/mol. The van der Waals surface area contributed by atoms with Crippen molar-refractivity contribution in [2.75, 3.05) is 33.9 Å². The van der Waals surface area contributed by atoms with Crippen LogP contribution in [0.1, 0.15) is 24.2 Å². The molecule has 0 bridgehead atoms. The Morgan fingerprint density at radius 2 is 1.86 bits per heavy atom. The number of nitrogens with zero attached hydrogens (tertiary/aromatic N) is 6. The van der Waals surface area contributed by atoms with Gasteiger partial charge in [0.15, 0.2) is 17.2 Å². The van der Waals surface area contributed by atoms with Crippen LogP contribution in [-0.4, -0.2) is 86.3 Å². The van der Waals surface area contributed by atoms with Gasteiger partial charge in [-0.3, -0.25) is 19.5 Å². The van der Waals surface area contributed by atoms with Crippen molar-refractivity contribution in [3.63, 3.8) is 0 Å². The summed E-state index contributed by atoms with van der Waals surface area (Å²) in [6, 6.07) is 13.3. The number of carbonyl (C=O) groups is 2. The van der Waals surface area contributed by atoms with Crippen molar-refractivity contribution in [2.45, 2.75) is 32.0 Å². The van der Waals surface area contributed by atoms with E-state index in [0.717, 1.165) is 12.0 Å². The number of hydrogen-bond donors (Lipinski definition) is 3. The van der Waals surface area contributed by atoms with Gasteiger partial charge in [0.05, 0.1) is 48.1 Å². The van der Waals surface area contributed by atoms with Crippen LogP contribution in [0, 0.1) is 5.92 Å². The number of benzene rings is 1. The molecule has 0 unspecified atom stereocenters. The number of carbonyl (C=O) groups excluding carboxylic acids is 1. The van der Waals surface area contributed by atoms with E-state index >= 15 is 0 Å². The van der Waals surface area contributed by atoms with Crippen LogP contribution >= 0.6 is 23.2 Å². The normalized spacial score (nSPS) is 16.4. The summed E-state index contributed by atoms with van der Waals surface area (Å²) in [5, 5.41) is 21.0. The van der Waals surface area contributed by atoms with Gasteiger partial charge in [-0.25, -0.2) is 14.5 Å². The zero-order chi connectivity index (χ0) is 34.9. The van der Waals surface area contributed by atoms with Gasteiger partial charge >= 0.3 is 5.97 Å². The third kappa shape index (κ3) is 6.69. The highest BCUT2D eigenvalue weighted by Gasteiger charge is 2.33. The van der Waals surface area contributed by atoms with E-state index in [1.54, 1.807) is 31.1 Å². The second kappa shape index (κ2) is 14.2. The highest BCUT2D eigenvalue weighted by atomic mass is 35.5. The Balaban J connectivity index is 1.15. The number of methoxy groups -OCH3 is 2. The molecule has 2 aliphatic heterocycles. The Labute approximate surface area is 297 Å². The Morgan fingerprint density at radius 1 is 1.06 bits per heavy atom. The van der Waals surface area contributed by atoms with Crippen LogP contribution in [-0.2, 0) is 22.7 Å². The number of amides is 1. The van der Waals surface area contributed by atoms with E-state index in [0.29, 0.717) is 106 Å². The molecule has 6 heterocycles. The molecule has 5 aromatic rings. The molecular weight excluding hydrogens is 683 g/mol. The molecule has 258 valence electrons. The summed E-state index contributed by atoms with van der Waals surface area (Å²) >= 11 is 14.2. The van der Waals surface area contributed by atoms with Gasteiger partial charge in [0.2, 0.25) is 11.8 Å². The summed E-state index contributed by atoms with van der Waals surface area (Å²) in [5.41, 5.74) is 5.30. The zero-order valence-corrected chi connectivity index (χ0v) is 28.8. The van der Waals surface area contributed by atoms with Crippen molar-refractivity contribution in [2.24, 2.45) is 5.92 Å². The molecule has 0 saturated carbocycles. The standard InChI is InChI=1S/C35H34Cl2N8O5/c1-49-27-12-20(17-45-33(27)42-28(43-45)18-44-15-21(16-44)35(47)48)32-31(37)24(10-11-39-32)23-4-3-5-25(30(23)36)26-8-6-19(34(41-26)50-2)13-38-14-22-7-9-29(46)40-22/h3-6,8,10-12,17,21-22,38H,7,9,13-16,18H2,1-2H3,(H,40,46)(H,47,48)/t22-/m0/s1. The first-order valence-electron chi connectivity index (χ1n) is 16.1. The highest BCUT2D eigenvalue weighted by Crippen LogP contribution is 2.42. The van der Waals surface area contributed by atoms with E-state index in [1.165, 1.54) is 0 Å². The number of rotatable bonds is 12. The van der Waals surface area contributed by atoms with Crippen molar-refractivity contribution in [1.29, 1.82) is 0 Å². The average molecular weight is 718 g/mol. The zero-order valence-electron chi connectivity index (χ0n) is 27.3. The third-order valence-corrected chi connectivity index (χ3v) is 9.78. The van der Waals surface area contributed by atoms with Crippen LogP contribution in [0.4, 0.5) is 0 Å². The van der Waals surface area contributed by atoms with E-state index in [4.69, 9.17) is 37.7 Å². The third-order valence-electron chi connectivity index (χ3n) is 8.99. The number of hydrogen-bond acceptors (Lipinski definition) is 10. The first kappa shape index (κ1) is 33.7. The van der Waals surface area contributed by atoms with Crippen LogP contribution in [0.5, 0.6) is 11.6 Å². The van der Waals surface area contributed by atoms with Crippen LogP contribution in [0.2, 0.25) is 10.0 Å². The van der Waals surface area contributed by atoms with E-state index in [9.17, 15) is 14.7 Å². The molecule has 2 fully saturated rings. The fraction of sp³-hybridized carbons (Fsp3) is 0.314.